The Morgan fingerprint density at radius 2 is 1.74 bits per heavy atom. The third-order valence-corrected chi connectivity index (χ3v) is 4.59. The van der Waals surface area contributed by atoms with E-state index in [1.165, 1.54) is 0 Å². The molecule has 1 saturated carbocycles. The largest absolute Gasteiger partial charge is 0.299 e. The Labute approximate surface area is 120 Å². The lowest BCUT2D eigenvalue weighted by Crippen LogP contribution is -2.31. The predicted molar refractivity (Wildman–Crippen MR) is 80.3 cm³/mol. The maximum absolute atomic E-state index is 11.8. The fraction of sp³-hybridized carbons (Fsp3) is 0.231. The molecule has 0 radical (unpaired) electrons. The minimum Gasteiger partial charge on any atom is -0.271 e. The van der Waals surface area contributed by atoms with Crippen molar-refractivity contribution in [2.45, 2.75) is 18.9 Å². The lowest BCUT2D eigenvalue weighted by Gasteiger charge is -2.09. The van der Waals surface area contributed by atoms with Crippen LogP contribution in [0.15, 0.2) is 40.9 Å². The maximum atomic E-state index is 11.8. The second-order valence-corrected chi connectivity index (χ2v) is 7.07. The summed E-state index contributed by atoms with van der Waals surface area (Å²) in [5.41, 5.74) is 0.572. The Morgan fingerprint density at radius 3 is 2.47 bits per heavy atom. The molecule has 19 heavy (non-hydrogen) atoms. The van der Waals surface area contributed by atoms with Crippen LogP contribution in [0.1, 0.15) is 12.8 Å². The number of halogens is 1. The van der Waals surface area contributed by atoms with E-state index in [9.17, 15) is 8.42 Å². The summed E-state index contributed by atoms with van der Waals surface area (Å²) in [7, 11) is -3.46. The van der Waals surface area contributed by atoms with Crippen molar-refractivity contribution in [3.63, 3.8) is 0 Å². The molecule has 1 fully saturated rings. The van der Waals surface area contributed by atoms with Crippen LogP contribution < -0.4 is 9.44 Å². The quantitative estimate of drug-likeness (QED) is 0.898. The fourth-order valence-electron chi connectivity index (χ4n) is 1.89. The molecular weight excluding hydrogens is 328 g/mol. The van der Waals surface area contributed by atoms with Gasteiger partial charge in [-0.05, 0) is 47.9 Å². The van der Waals surface area contributed by atoms with Crippen LogP contribution in [-0.2, 0) is 10.2 Å². The van der Waals surface area contributed by atoms with Crippen molar-refractivity contribution in [3.05, 3.63) is 40.9 Å². The molecule has 0 heterocycles. The first-order valence-corrected chi connectivity index (χ1v) is 8.29. The molecule has 1 aliphatic carbocycles. The van der Waals surface area contributed by atoms with Crippen LogP contribution in [0.5, 0.6) is 0 Å². The molecule has 2 aromatic carbocycles. The fourth-order valence-corrected chi connectivity index (χ4v) is 3.43. The highest BCUT2D eigenvalue weighted by Gasteiger charge is 2.26. The number of nitrogens with one attached hydrogen (secondary N) is 2. The second-order valence-electron chi connectivity index (χ2n) is 4.70. The molecule has 2 aromatic rings. The Morgan fingerprint density at radius 1 is 1.05 bits per heavy atom. The van der Waals surface area contributed by atoms with E-state index >= 15 is 0 Å². The van der Waals surface area contributed by atoms with Gasteiger partial charge in [0.25, 0.3) is 10.2 Å². The summed E-state index contributed by atoms with van der Waals surface area (Å²) in [6, 6.07) is 11.5. The first kappa shape index (κ1) is 12.9. The highest BCUT2D eigenvalue weighted by molar-refractivity contribution is 9.10. The molecule has 0 aromatic heterocycles. The van der Waals surface area contributed by atoms with Crippen molar-refractivity contribution in [3.8, 4) is 0 Å². The Bertz CT molecular complexity index is 727. The van der Waals surface area contributed by atoms with Gasteiger partial charge in [0.05, 0.1) is 5.69 Å². The van der Waals surface area contributed by atoms with Gasteiger partial charge in [-0.3, -0.25) is 4.72 Å². The number of rotatable bonds is 4. The second kappa shape index (κ2) is 4.77. The van der Waals surface area contributed by atoms with Gasteiger partial charge in [-0.1, -0.05) is 28.1 Å². The summed E-state index contributed by atoms with van der Waals surface area (Å²) in [5.74, 6) is 0. The Kier molecular flexibility index (Phi) is 3.24. The summed E-state index contributed by atoms with van der Waals surface area (Å²) < 4.78 is 29.8. The van der Waals surface area contributed by atoms with Crippen LogP contribution in [0, 0.1) is 0 Å². The van der Waals surface area contributed by atoms with Crippen LogP contribution in [0.3, 0.4) is 0 Å². The molecule has 3 rings (SSSR count). The van der Waals surface area contributed by atoms with Gasteiger partial charge in [-0.15, -0.1) is 0 Å². The molecule has 6 heteroatoms. The van der Waals surface area contributed by atoms with E-state index in [0.717, 1.165) is 28.1 Å². The SMILES string of the molecule is O=S(=O)(Nc1ccc2cc(Br)ccc2c1)NC1CC1. The molecule has 100 valence electrons. The average molecular weight is 341 g/mol. The zero-order valence-electron chi connectivity index (χ0n) is 10.1. The molecule has 0 amide bonds. The zero-order chi connectivity index (χ0) is 13.5. The summed E-state index contributed by atoms with van der Waals surface area (Å²) in [5, 5.41) is 2.06. The third-order valence-electron chi connectivity index (χ3n) is 2.95. The van der Waals surface area contributed by atoms with Crippen LogP contribution in [0.2, 0.25) is 0 Å². The minimum absolute atomic E-state index is 0.105. The molecule has 4 nitrogen and oxygen atoms in total. The molecule has 0 aliphatic heterocycles. The molecular formula is C13H13BrN2O2S. The minimum atomic E-state index is -3.46. The van der Waals surface area contributed by atoms with Gasteiger partial charge >= 0.3 is 0 Å². The van der Waals surface area contributed by atoms with Crippen molar-refractivity contribution < 1.29 is 8.42 Å². The van der Waals surface area contributed by atoms with Crippen molar-refractivity contribution in [1.29, 1.82) is 0 Å². The van der Waals surface area contributed by atoms with E-state index in [1.807, 2.05) is 30.3 Å². The number of benzene rings is 2. The monoisotopic (exact) mass is 340 g/mol. The van der Waals surface area contributed by atoms with E-state index in [-0.39, 0.29) is 6.04 Å². The summed E-state index contributed by atoms with van der Waals surface area (Å²) in [6.07, 6.45) is 1.85. The normalized spacial score (nSPS) is 15.6. The number of hydrogen-bond acceptors (Lipinski definition) is 2. The van der Waals surface area contributed by atoms with Crippen molar-refractivity contribution >= 4 is 42.6 Å². The molecule has 0 spiro atoms. The van der Waals surface area contributed by atoms with E-state index in [1.54, 1.807) is 6.07 Å². The third kappa shape index (κ3) is 3.26. The van der Waals surface area contributed by atoms with Crippen LogP contribution in [0.25, 0.3) is 10.8 Å². The topological polar surface area (TPSA) is 58.2 Å². The number of anilines is 1. The molecule has 0 unspecified atom stereocenters. The van der Waals surface area contributed by atoms with E-state index in [2.05, 4.69) is 25.4 Å². The van der Waals surface area contributed by atoms with Gasteiger partial charge in [-0.2, -0.15) is 13.1 Å². The highest BCUT2D eigenvalue weighted by Crippen LogP contribution is 2.24. The maximum Gasteiger partial charge on any atom is 0.299 e. The smallest absolute Gasteiger partial charge is 0.271 e. The Balaban J connectivity index is 1.86. The van der Waals surface area contributed by atoms with Gasteiger partial charge in [0.15, 0.2) is 0 Å². The first-order valence-electron chi connectivity index (χ1n) is 6.01. The summed E-state index contributed by atoms with van der Waals surface area (Å²) in [4.78, 5) is 0. The van der Waals surface area contributed by atoms with Gasteiger partial charge in [0, 0.05) is 10.5 Å². The van der Waals surface area contributed by atoms with Crippen molar-refractivity contribution in [2.75, 3.05) is 4.72 Å². The Hall–Kier alpha value is -1.11. The predicted octanol–water partition coefficient (Wildman–Crippen LogP) is 3.01. The van der Waals surface area contributed by atoms with Gasteiger partial charge < -0.3 is 0 Å². The van der Waals surface area contributed by atoms with E-state index in [4.69, 9.17) is 0 Å². The molecule has 0 saturated heterocycles. The van der Waals surface area contributed by atoms with Crippen molar-refractivity contribution in [2.24, 2.45) is 0 Å². The van der Waals surface area contributed by atoms with E-state index < -0.39 is 10.2 Å². The summed E-state index contributed by atoms with van der Waals surface area (Å²) in [6.45, 7) is 0. The van der Waals surface area contributed by atoms with Crippen molar-refractivity contribution in [1.82, 2.24) is 4.72 Å². The summed E-state index contributed by atoms with van der Waals surface area (Å²) >= 11 is 3.41. The van der Waals surface area contributed by atoms with Crippen LogP contribution in [-0.4, -0.2) is 14.5 Å². The van der Waals surface area contributed by atoms with Crippen LogP contribution >= 0.6 is 15.9 Å². The average Bonchev–Trinajstić information content (AvgIpc) is 3.12. The molecule has 2 N–H and O–H groups in total. The highest BCUT2D eigenvalue weighted by atomic mass is 79.9. The standard InChI is InChI=1S/C13H13BrN2O2S/c14-11-3-1-10-8-13(4-2-9(10)7-11)16-19(17,18)15-12-5-6-12/h1-4,7-8,12,15-16H,5-6H2. The molecule has 0 atom stereocenters. The van der Waals surface area contributed by atoms with E-state index in [0.29, 0.717) is 5.69 Å². The van der Waals surface area contributed by atoms with Gasteiger partial charge in [-0.25, -0.2) is 0 Å². The molecule has 0 bridgehead atoms. The van der Waals surface area contributed by atoms with Crippen LogP contribution in [0.4, 0.5) is 5.69 Å². The van der Waals surface area contributed by atoms with Gasteiger partial charge in [0.1, 0.15) is 0 Å². The lowest BCUT2D eigenvalue weighted by atomic mass is 10.1. The van der Waals surface area contributed by atoms with Gasteiger partial charge in [0.2, 0.25) is 0 Å². The first-order chi connectivity index (χ1) is 9.02. The number of fused-ring (bicyclic) bond motifs is 1. The zero-order valence-corrected chi connectivity index (χ0v) is 12.5. The number of hydrogen-bond donors (Lipinski definition) is 2. The lowest BCUT2D eigenvalue weighted by molar-refractivity contribution is 0.586. The molecule has 1 aliphatic rings.